The molecule has 0 spiro atoms. The molecule has 1 aliphatic heterocycles. The van der Waals surface area contributed by atoms with Gasteiger partial charge < -0.3 is 5.32 Å². The van der Waals surface area contributed by atoms with Gasteiger partial charge in [0, 0.05) is 42.2 Å². The Kier molecular flexibility index (Phi) is 6.23. The maximum atomic E-state index is 12.3. The van der Waals surface area contributed by atoms with E-state index in [0.717, 1.165) is 49.1 Å². The summed E-state index contributed by atoms with van der Waals surface area (Å²) in [5.41, 5.74) is 2.90. The summed E-state index contributed by atoms with van der Waals surface area (Å²) in [6.07, 6.45) is 5.26. The van der Waals surface area contributed by atoms with Gasteiger partial charge >= 0.3 is 0 Å². The first-order valence-electron chi connectivity index (χ1n) is 9.97. The van der Waals surface area contributed by atoms with Gasteiger partial charge in [0.05, 0.1) is 11.2 Å². The monoisotopic (exact) mass is 405 g/mol. The molecule has 1 aromatic heterocycles. The lowest BCUT2D eigenvalue weighted by Gasteiger charge is -2.32. The van der Waals surface area contributed by atoms with Gasteiger partial charge in [0.15, 0.2) is 0 Å². The molecule has 1 saturated heterocycles. The Morgan fingerprint density at radius 1 is 1.10 bits per heavy atom. The Morgan fingerprint density at radius 3 is 2.66 bits per heavy atom. The quantitative estimate of drug-likeness (QED) is 0.627. The first-order chi connectivity index (χ1) is 14.2. The van der Waals surface area contributed by atoms with Crippen molar-refractivity contribution in [3.05, 3.63) is 83.0 Å². The maximum Gasteiger partial charge on any atom is 0.244 e. The Balaban J connectivity index is 1.28. The number of fused-ring (bicyclic) bond motifs is 1. The number of hydrogen-bond donors (Lipinski definition) is 1. The molecule has 1 aliphatic rings. The third-order valence-corrected chi connectivity index (χ3v) is 5.50. The van der Waals surface area contributed by atoms with Gasteiger partial charge in [-0.2, -0.15) is 0 Å². The number of rotatable bonds is 5. The maximum absolute atomic E-state index is 12.3. The summed E-state index contributed by atoms with van der Waals surface area (Å²) in [5.74, 6) is -0.0699. The third-order valence-electron chi connectivity index (χ3n) is 5.26. The smallest absolute Gasteiger partial charge is 0.244 e. The van der Waals surface area contributed by atoms with Gasteiger partial charge in [-0.15, -0.1) is 0 Å². The molecule has 148 valence electrons. The van der Waals surface area contributed by atoms with Crippen molar-refractivity contribution in [3.8, 4) is 0 Å². The third kappa shape index (κ3) is 5.43. The van der Waals surface area contributed by atoms with Crippen molar-refractivity contribution >= 4 is 34.5 Å². The number of nitrogens with zero attached hydrogens (tertiary/aromatic N) is 2. The van der Waals surface area contributed by atoms with Crippen molar-refractivity contribution in [2.75, 3.05) is 13.1 Å². The minimum atomic E-state index is -0.0699. The molecule has 5 heteroatoms. The highest BCUT2D eigenvalue weighted by atomic mass is 35.5. The first kappa shape index (κ1) is 19.6. The second kappa shape index (κ2) is 9.21. The zero-order valence-corrected chi connectivity index (χ0v) is 17.0. The molecule has 4 rings (SSSR count). The minimum Gasteiger partial charge on any atom is -0.350 e. The zero-order valence-electron chi connectivity index (χ0n) is 16.2. The predicted molar refractivity (Wildman–Crippen MR) is 119 cm³/mol. The molecule has 1 amide bonds. The highest BCUT2D eigenvalue weighted by Gasteiger charge is 2.20. The number of hydrogen-bond acceptors (Lipinski definition) is 3. The molecular weight excluding hydrogens is 382 g/mol. The van der Waals surface area contributed by atoms with Crippen LogP contribution in [0.1, 0.15) is 24.1 Å². The average molecular weight is 406 g/mol. The number of halogens is 1. The van der Waals surface area contributed by atoms with E-state index < -0.39 is 0 Å². The number of likely N-dealkylation sites (tertiary alicyclic amines) is 1. The number of aromatic nitrogens is 1. The molecule has 0 atom stereocenters. The number of amides is 1. The van der Waals surface area contributed by atoms with E-state index in [1.54, 1.807) is 12.2 Å². The second-order valence-electron chi connectivity index (χ2n) is 7.45. The van der Waals surface area contributed by atoms with Crippen LogP contribution in [0.4, 0.5) is 0 Å². The first-order valence-corrected chi connectivity index (χ1v) is 10.3. The molecule has 0 saturated carbocycles. The summed E-state index contributed by atoms with van der Waals surface area (Å²) in [4.78, 5) is 19.3. The molecule has 4 nitrogen and oxygen atoms in total. The topological polar surface area (TPSA) is 45.2 Å². The number of carbonyl (C=O) groups is 1. The van der Waals surface area contributed by atoms with Crippen molar-refractivity contribution < 1.29 is 4.79 Å². The lowest BCUT2D eigenvalue weighted by molar-refractivity contribution is -0.117. The highest BCUT2D eigenvalue weighted by molar-refractivity contribution is 6.31. The van der Waals surface area contributed by atoms with Crippen molar-refractivity contribution in [3.63, 3.8) is 0 Å². The van der Waals surface area contributed by atoms with E-state index in [4.69, 9.17) is 11.6 Å². The fourth-order valence-corrected chi connectivity index (χ4v) is 3.85. The standard InChI is InChI=1S/C24H24ClN3O/c25-20-8-6-19-7-9-21(26-23(19)16-20)10-11-24(29)27-22-12-14-28(15-13-22)17-18-4-2-1-3-5-18/h1-11,16,22H,12-15,17H2,(H,27,29)/b11-10+. The zero-order chi connectivity index (χ0) is 20.1. The summed E-state index contributed by atoms with van der Waals surface area (Å²) in [7, 11) is 0. The van der Waals surface area contributed by atoms with Gasteiger partial charge in [-0.1, -0.05) is 54.1 Å². The van der Waals surface area contributed by atoms with Gasteiger partial charge in [0.1, 0.15) is 0 Å². The lowest BCUT2D eigenvalue weighted by Crippen LogP contribution is -2.43. The Morgan fingerprint density at radius 2 is 1.86 bits per heavy atom. The van der Waals surface area contributed by atoms with Crippen LogP contribution < -0.4 is 5.32 Å². The van der Waals surface area contributed by atoms with Gasteiger partial charge in [0.25, 0.3) is 0 Å². The van der Waals surface area contributed by atoms with E-state index in [1.807, 2.05) is 36.4 Å². The van der Waals surface area contributed by atoms with Crippen LogP contribution in [0.25, 0.3) is 17.0 Å². The van der Waals surface area contributed by atoms with Gasteiger partial charge in [0.2, 0.25) is 5.91 Å². The fourth-order valence-electron chi connectivity index (χ4n) is 3.69. The Hall–Kier alpha value is -2.69. The van der Waals surface area contributed by atoms with Crippen LogP contribution in [0.5, 0.6) is 0 Å². The van der Waals surface area contributed by atoms with Gasteiger partial charge in [-0.3, -0.25) is 9.69 Å². The van der Waals surface area contributed by atoms with Gasteiger partial charge in [-0.05, 0) is 42.7 Å². The van der Waals surface area contributed by atoms with Gasteiger partial charge in [-0.25, -0.2) is 4.98 Å². The number of piperidine rings is 1. The molecule has 1 fully saturated rings. The number of benzene rings is 2. The molecular formula is C24H24ClN3O. The SMILES string of the molecule is O=C(/C=C/c1ccc2ccc(Cl)cc2n1)NC1CCN(Cc2ccccc2)CC1. The van der Waals surface area contributed by atoms with E-state index >= 15 is 0 Å². The van der Waals surface area contributed by atoms with Crippen LogP contribution in [0.3, 0.4) is 0 Å². The molecule has 2 aromatic carbocycles. The molecule has 0 radical (unpaired) electrons. The van der Waals surface area contributed by atoms with Crippen LogP contribution in [0.15, 0.2) is 66.7 Å². The Labute approximate surface area is 176 Å². The van der Waals surface area contributed by atoms with Crippen molar-refractivity contribution in [1.29, 1.82) is 0 Å². The minimum absolute atomic E-state index is 0.0699. The molecule has 0 aliphatic carbocycles. The summed E-state index contributed by atoms with van der Waals surface area (Å²) in [6.45, 7) is 2.96. The molecule has 0 unspecified atom stereocenters. The molecule has 1 N–H and O–H groups in total. The summed E-state index contributed by atoms with van der Waals surface area (Å²) in [5, 5.41) is 4.80. The van der Waals surface area contributed by atoms with Crippen LogP contribution in [-0.2, 0) is 11.3 Å². The summed E-state index contributed by atoms with van der Waals surface area (Å²) in [6, 6.07) is 20.2. The van der Waals surface area contributed by atoms with Crippen molar-refractivity contribution in [2.24, 2.45) is 0 Å². The van der Waals surface area contributed by atoms with Crippen molar-refractivity contribution in [2.45, 2.75) is 25.4 Å². The average Bonchev–Trinajstić information content (AvgIpc) is 2.74. The van der Waals surface area contributed by atoms with E-state index in [0.29, 0.717) is 5.02 Å². The Bertz CT molecular complexity index is 1010. The summed E-state index contributed by atoms with van der Waals surface area (Å²) < 4.78 is 0. The number of nitrogens with one attached hydrogen (secondary N) is 1. The molecule has 29 heavy (non-hydrogen) atoms. The van der Waals surface area contributed by atoms with E-state index in [-0.39, 0.29) is 11.9 Å². The number of carbonyl (C=O) groups excluding carboxylic acids is 1. The summed E-state index contributed by atoms with van der Waals surface area (Å²) >= 11 is 6.04. The van der Waals surface area contributed by atoms with E-state index in [9.17, 15) is 4.79 Å². The van der Waals surface area contributed by atoms with Crippen LogP contribution >= 0.6 is 11.6 Å². The van der Waals surface area contributed by atoms with Crippen LogP contribution in [0, 0.1) is 0 Å². The molecule has 3 aromatic rings. The highest BCUT2D eigenvalue weighted by Crippen LogP contribution is 2.18. The lowest BCUT2D eigenvalue weighted by atomic mass is 10.0. The van der Waals surface area contributed by atoms with Crippen LogP contribution in [-0.4, -0.2) is 34.9 Å². The molecule has 0 bridgehead atoms. The normalized spacial score (nSPS) is 15.8. The molecule has 2 heterocycles. The number of pyridine rings is 1. The predicted octanol–water partition coefficient (Wildman–Crippen LogP) is 4.68. The largest absolute Gasteiger partial charge is 0.350 e. The van der Waals surface area contributed by atoms with E-state index in [1.165, 1.54) is 5.56 Å². The second-order valence-corrected chi connectivity index (χ2v) is 7.89. The van der Waals surface area contributed by atoms with E-state index in [2.05, 4.69) is 39.5 Å². The fraction of sp³-hybridized carbons (Fsp3) is 0.250. The van der Waals surface area contributed by atoms with Crippen molar-refractivity contribution in [1.82, 2.24) is 15.2 Å². The van der Waals surface area contributed by atoms with Crippen LogP contribution in [0.2, 0.25) is 5.02 Å².